The van der Waals surface area contributed by atoms with Gasteiger partial charge in [0, 0.05) is 27.0 Å². The Hall–Kier alpha value is -0.370. The highest BCUT2D eigenvalue weighted by Gasteiger charge is 2.24. The Balaban J connectivity index is 2.50. The minimum atomic E-state index is -0.920. The van der Waals surface area contributed by atoms with Crippen LogP contribution in [0.4, 0.5) is 13.2 Å². The molecule has 2 rings (SSSR count). The van der Waals surface area contributed by atoms with Crippen LogP contribution in [0.5, 0.6) is 0 Å². The van der Waals surface area contributed by atoms with Gasteiger partial charge in [0.2, 0.25) is 0 Å². The molecule has 2 aromatic rings. The van der Waals surface area contributed by atoms with Crippen LogP contribution in [0.1, 0.15) is 29.8 Å². The molecule has 1 N–H and O–H groups in total. The molecule has 1 nitrogen and oxygen atoms in total. The van der Waals surface area contributed by atoms with Gasteiger partial charge in [-0.3, -0.25) is 0 Å². The van der Waals surface area contributed by atoms with Gasteiger partial charge < -0.3 is 5.32 Å². The first kappa shape index (κ1) is 17.0. The SMILES string of the molecule is CCCNC(c1cc(Br)c(Br)s1)c1c(F)cc(F)cc1F. The molecule has 0 radical (unpaired) electrons. The molecule has 0 saturated heterocycles. The molecule has 1 atom stereocenters. The molecule has 7 heteroatoms. The summed E-state index contributed by atoms with van der Waals surface area (Å²) in [5, 5.41) is 3.11. The zero-order valence-electron chi connectivity index (χ0n) is 11.0. The van der Waals surface area contributed by atoms with Gasteiger partial charge in [0.1, 0.15) is 17.5 Å². The topological polar surface area (TPSA) is 12.0 Å². The van der Waals surface area contributed by atoms with E-state index >= 15 is 0 Å². The number of nitrogens with one attached hydrogen (secondary N) is 1. The first-order chi connectivity index (χ1) is 9.93. The smallest absolute Gasteiger partial charge is 0.134 e. The fraction of sp³-hybridized carbons (Fsp3) is 0.286. The summed E-state index contributed by atoms with van der Waals surface area (Å²) < 4.78 is 42.8. The van der Waals surface area contributed by atoms with Gasteiger partial charge in [-0.1, -0.05) is 6.92 Å². The summed E-state index contributed by atoms with van der Waals surface area (Å²) in [4.78, 5) is 0.742. The number of hydrogen-bond acceptors (Lipinski definition) is 2. The predicted octanol–water partition coefficient (Wildman–Crippen LogP) is 5.78. The molecule has 0 bridgehead atoms. The van der Waals surface area contributed by atoms with Crippen molar-refractivity contribution in [1.29, 1.82) is 0 Å². The molecule has 1 aromatic heterocycles. The Bertz CT molecular complexity index is 603. The van der Waals surface area contributed by atoms with Crippen molar-refractivity contribution in [1.82, 2.24) is 5.32 Å². The normalized spacial score (nSPS) is 12.7. The quantitative estimate of drug-likeness (QED) is 0.618. The van der Waals surface area contributed by atoms with Crippen molar-refractivity contribution in [2.75, 3.05) is 6.54 Å². The van der Waals surface area contributed by atoms with E-state index in [1.165, 1.54) is 11.3 Å². The van der Waals surface area contributed by atoms with E-state index in [4.69, 9.17) is 0 Å². The van der Waals surface area contributed by atoms with E-state index in [1.54, 1.807) is 6.07 Å². The zero-order valence-corrected chi connectivity index (χ0v) is 15.0. The second-order valence-electron chi connectivity index (χ2n) is 4.44. The number of halogens is 5. The molecule has 0 aliphatic carbocycles. The van der Waals surface area contributed by atoms with Crippen LogP contribution in [-0.2, 0) is 0 Å². The molecule has 0 fully saturated rings. The van der Waals surface area contributed by atoms with Crippen LogP contribution in [-0.4, -0.2) is 6.54 Å². The van der Waals surface area contributed by atoms with Crippen LogP contribution in [0.25, 0.3) is 0 Å². The van der Waals surface area contributed by atoms with Gasteiger partial charge in [-0.25, -0.2) is 13.2 Å². The van der Waals surface area contributed by atoms with Gasteiger partial charge in [-0.15, -0.1) is 11.3 Å². The van der Waals surface area contributed by atoms with E-state index in [2.05, 4.69) is 37.2 Å². The lowest BCUT2D eigenvalue weighted by atomic mass is 10.0. The minimum Gasteiger partial charge on any atom is -0.305 e. The fourth-order valence-electron chi connectivity index (χ4n) is 1.97. The standard InChI is InChI=1S/C14H12Br2F3NS/c1-2-3-20-13(11-6-8(15)14(16)21-11)12-9(18)4-7(17)5-10(12)19/h4-6,13,20H,2-3H2,1H3. The Morgan fingerprint density at radius 3 is 2.24 bits per heavy atom. The van der Waals surface area contributed by atoms with Crippen LogP contribution in [0.3, 0.4) is 0 Å². The number of hydrogen-bond donors (Lipinski definition) is 1. The fourth-order valence-corrected chi connectivity index (χ4v) is 4.14. The monoisotopic (exact) mass is 441 g/mol. The maximum atomic E-state index is 14.0. The third-order valence-corrected chi connectivity index (χ3v) is 6.20. The lowest BCUT2D eigenvalue weighted by molar-refractivity contribution is 0.489. The maximum absolute atomic E-state index is 14.0. The minimum absolute atomic E-state index is 0.161. The van der Waals surface area contributed by atoms with E-state index in [-0.39, 0.29) is 5.56 Å². The van der Waals surface area contributed by atoms with Gasteiger partial charge in [0.25, 0.3) is 0 Å². The second kappa shape index (κ2) is 7.26. The molecule has 1 unspecified atom stereocenters. The van der Waals surface area contributed by atoms with Crippen molar-refractivity contribution in [3.63, 3.8) is 0 Å². The van der Waals surface area contributed by atoms with Crippen LogP contribution >= 0.6 is 43.2 Å². The average molecular weight is 443 g/mol. The van der Waals surface area contributed by atoms with Crippen molar-refractivity contribution in [2.45, 2.75) is 19.4 Å². The van der Waals surface area contributed by atoms with Crippen molar-refractivity contribution in [3.8, 4) is 0 Å². The predicted molar refractivity (Wildman–Crippen MR) is 86.2 cm³/mol. The van der Waals surface area contributed by atoms with Gasteiger partial charge in [-0.2, -0.15) is 0 Å². The highest BCUT2D eigenvalue weighted by molar-refractivity contribution is 9.13. The van der Waals surface area contributed by atoms with Gasteiger partial charge >= 0.3 is 0 Å². The summed E-state index contributed by atoms with van der Waals surface area (Å²) in [7, 11) is 0. The highest BCUT2D eigenvalue weighted by atomic mass is 79.9. The summed E-state index contributed by atoms with van der Waals surface area (Å²) in [5.74, 6) is -2.69. The van der Waals surface area contributed by atoms with E-state index < -0.39 is 23.5 Å². The van der Waals surface area contributed by atoms with E-state index in [0.29, 0.717) is 18.7 Å². The number of rotatable bonds is 5. The molecule has 0 aliphatic rings. The van der Waals surface area contributed by atoms with E-state index in [1.807, 2.05) is 6.92 Å². The molecule has 0 spiro atoms. The Kier molecular flexibility index (Phi) is 5.88. The Labute approximate surface area is 141 Å². The van der Waals surface area contributed by atoms with Crippen molar-refractivity contribution >= 4 is 43.2 Å². The lowest BCUT2D eigenvalue weighted by Gasteiger charge is -2.19. The third-order valence-electron chi connectivity index (χ3n) is 2.88. The zero-order chi connectivity index (χ0) is 15.6. The number of thiophene rings is 1. The molecular formula is C14H12Br2F3NS. The molecule has 0 aliphatic heterocycles. The second-order valence-corrected chi connectivity index (χ2v) is 7.70. The van der Waals surface area contributed by atoms with E-state index in [9.17, 15) is 13.2 Å². The number of benzene rings is 1. The molecule has 114 valence electrons. The van der Waals surface area contributed by atoms with E-state index in [0.717, 1.165) is 19.6 Å². The summed E-state index contributed by atoms with van der Waals surface area (Å²) in [6.45, 7) is 2.55. The molecule has 1 heterocycles. The van der Waals surface area contributed by atoms with Gasteiger partial charge in [-0.05, 0) is 50.9 Å². The lowest BCUT2D eigenvalue weighted by Crippen LogP contribution is -2.24. The van der Waals surface area contributed by atoms with Crippen LogP contribution in [0.2, 0.25) is 0 Å². The maximum Gasteiger partial charge on any atom is 0.134 e. The summed E-state index contributed by atoms with van der Waals surface area (Å²) in [5.41, 5.74) is -0.161. The molecule has 1 aromatic carbocycles. The van der Waals surface area contributed by atoms with Crippen LogP contribution in [0, 0.1) is 17.5 Å². The van der Waals surface area contributed by atoms with Crippen molar-refractivity contribution in [2.24, 2.45) is 0 Å². The summed E-state index contributed by atoms with van der Waals surface area (Å²) in [6.07, 6.45) is 0.814. The first-order valence-corrected chi connectivity index (χ1v) is 8.66. The summed E-state index contributed by atoms with van der Waals surface area (Å²) in [6, 6.07) is 2.55. The molecule has 21 heavy (non-hydrogen) atoms. The molecule has 0 amide bonds. The summed E-state index contributed by atoms with van der Waals surface area (Å²) >= 11 is 8.10. The van der Waals surface area contributed by atoms with Crippen LogP contribution < -0.4 is 5.32 Å². The third kappa shape index (κ3) is 3.88. The van der Waals surface area contributed by atoms with Crippen LogP contribution in [0.15, 0.2) is 26.5 Å². The Morgan fingerprint density at radius 1 is 1.14 bits per heavy atom. The van der Waals surface area contributed by atoms with Gasteiger partial charge in [0.05, 0.1) is 9.83 Å². The average Bonchev–Trinajstić information content (AvgIpc) is 2.72. The Morgan fingerprint density at radius 2 is 1.76 bits per heavy atom. The molecule has 0 saturated carbocycles. The van der Waals surface area contributed by atoms with Crippen molar-refractivity contribution < 1.29 is 13.2 Å². The molecular weight excluding hydrogens is 431 g/mol. The van der Waals surface area contributed by atoms with Gasteiger partial charge in [0.15, 0.2) is 0 Å². The van der Waals surface area contributed by atoms with Crippen molar-refractivity contribution in [3.05, 3.63) is 54.4 Å². The highest BCUT2D eigenvalue weighted by Crippen LogP contribution is 2.39. The largest absolute Gasteiger partial charge is 0.305 e. The first-order valence-electron chi connectivity index (χ1n) is 6.26.